The molecule has 120 valence electrons. The van der Waals surface area contributed by atoms with Crippen LogP contribution in [0.15, 0.2) is 24.3 Å². The van der Waals surface area contributed by atoms with Gasteiger partial charge in [0.05, 0.1) is 6.61 Å². The predicted octanol–water partition coefficient (Wildman–Crippen LogP) is 3.76. The van der Waals surface area contributed by atoms with E-state index in [1.54, 1.807) is 6.92 Å². The van der Waals surface area contributed by atoms with Crippen LogP contribution in [0.5, 0.6) is 0 Å². The molecule has 0 N–H and O–H groups in total. The molecule has 0 bridgehead atoms. The summed E-state index contributed by atoms with van der Waals surface area (Å²) in [5, 5.41) is 0. The SMILES string of the molecule is C=C(C)C(C=CCCCOC1CCCCO1)OC(=O)CC. The third-order valence-corrected chi connectivity index (χ3v) is 3.30. The lowest BCUT2D eigenvalue weighted by molar-refractivity contribution is -0.162. The Morgan fingerprint density at radius 2 is 2.29 bits per heavy atom. The van der Waals surface area contributed by atoms with E-state index in [1.807, 2.05) is 19.1 Å². The average molecular weight is 296 g/mol. The third kappa shape index (κ3) is 8.02. The quantitative estimate of drug-likeness (QED) is 0.369. The number of carbonyl (C=O) groups excluding carboxylic acids is 1. The van der Waals surface area contributed by atoms with Crippen molar-refractivity contribution in [3.05, 3.63) is 24.3 Å². The Hall–Kier alpha value is -1.13. The molecular weight excluding hydrogens is 268 g/mol. The summed E-state index contributed by atoms with van der Waals surface area (Å²) in [6, 6.07) is 0. The Labute approximate surface area is 128 Å². The van der Waals surface area contributed by atoms with Gasteiger partial charge in [0.1, 0.15) is 6.10 Å². The van der Waals surface area contributed by atoms with E-state index in [0.717, 1.165) is 37.9 Å². The molecule has 1 rings (SSSR count). The molecule has 0 radical (unpaired) electrons. The third-order valence-electron chi connectivity index (χ3n) is 3.30. The van der Waals surface area contributed by atoms with Crippen molar-refractivity contribution < 1.29 is 19.0 Å². The van der Waals surface area contributed by atoms with Gasteiger partial charge in [-0.1, -0.05) is 19.6 Å². The van der Waals surface area contributed by atoms with Crippen LogP contribution in [0, 0.1) is 0 Å². The highest BCUT2D eigenvalue weighted by molar-refractivity contribution is 5.69. The standard InChI is InChI=1S/C17H28O4/c1-4-16(18)21-15(14(2)3)10-6-5-8-12-19-17-11-7-9-13-20-17/h6,10,15,17H,2,4-5,7-9,11-13H2,1,3H3. The molecule has 21 heavy (non-hydrogen) atoms. The normalized spacial score (nSPS) is 20.4. The van der Waals surface area contributed by atoms with E-state index >= 15 is 0 Å². The van der Waals surface area contributed by atoms with Gasteiger partial charge in [0.15, 0.2) is 6.29 Å². The van der Waals surface area contributed by atoms with Gasteiger partial charge in [-0.05, 0) is 50.7 Å². The van der Waals surface area contributed by atoms with Crippen molar-refractivity contribution in [2.75, 3.05) is 13.2 Å². The van der Waals surface area contributed by atoms with E-state index in [2.05, 4.69) is 6.58 Å². The first kappa shape index (κ1) is 17.9. The smallest absolute Gasteiger partial charge is 0.306 e. The maximum absolute atomic E-state index is 11.3. The van der Waals surface area contributed by atoms with Gasteiger partial charge < -0.3 is 14.2 Å². The van der Waals surface area contributed by atoms with Gasteiger partial charge in [-0.25, -0.2) is 0 Å². The van der Waals surface area contributed by atoms with E-state index in [-0.39, 0.29) is 18.4 Å². The van der Waals surface area contributed by atoms with Crippen LogP contribution in [0.25, 0.3) is 0 Å². The van der Waals surface area contributed by atoms with Crippen LogP contribution >= 0.6 is 0 Å². The van der Waals surface area contributed by atoms with Crippen LogP contribution in [0.2, 0.25) is 0 Å². The van der Waals surface area contributed by atoms with Gasteiger partial charge in [-0.3, -0.25) is 4.79 Å². The largest absolute Gasteiger partial charge is 0.454 e. The van der Waals surface area contributed by atoms with E-state index in [4.69, 9.17) is 14.2 Å². The minimum atomic E-state index is -0.319. The summed E-state index contributed by atoms with van der Waals surface area (Å²) in [5.41, 5.74) is 0.833. The van der Waals surface area contributed by atoms with E-state index in [9.17, 15) is 4.79 Å². The molecule has 1 saturated heterocycles. The van der Waals surface area contributed by atoms with Gasteiger partial charge in [-0.2, -0.15) is 0 Å². The molecule has 1 heterocycles. The molecule has 0 amide bonds. The maximum atomic E-state index is 11.3. The molecule has 1 aliphatic heterocycles. The zero-order chi connectivity index (χ0) is 15.5. The molecule has 4 nitrogen and oxygen atoms in total. The fourth-order valence-electron chi connectivity index (χ4n) is 2.01. The summed E-state index contributed by atoms with van der Waals surface area (Å²) in [7, 11) is 0. The van der Waals surface area contributed by atoms with E-state index < -0.39 is 0 Å². The number of carbonyl (C=O) groups is 1. The van der Waals surface area contributed by atoms with Crippen molar-refractivity contribution in [1.29, 1.82) is 0 Å². The first-order valence-corrected chi connectivity index (χ1v) is 7.88. The number of esters is 1. The second-order valence-corrected chi connectivity index (χ2v) is 5.35. The predicted molar refractivity (Wildman–Crippen MR) is 82.9 cm³/mol. The summed E-state index contributed by atoms with van der Waals surface area (Å²) in [4.78, 5) is 11.3. The molecule has 4 heteroatoms. The lowest BCUT2D eigenvalue weighted by atomic mass is 10.1. The molecule has 2 unspecified atom stereocenters. The zero-order valence-electron chi connectivity index (χ0n) is 13.3. The first-order valence-electron chi connectivity index (χ1n) is 7.88. The molecule has 0 aromatic carbocycles. The van der Waals surface area contributed by atoms with Gasteiger partial charge in [0.25, 0.3) is 0 Å². The van der Waals surface area contributed by atoms with Gasteiger partial charge >= 0.3 is 5.97 Å². The Bertz CT molecular complexity index is 343. The van der Waals surface area contributed by atoms with Crippen molar-refractivity contribution in [1.82, 2.24) is 0 Å². The molecule has 0 aromatic rings. The zero-order valence-corrected chi connectivity index (χ0v) is 13.3. The highest BCUT2D eigenvalue weighted by Gasteiger charge is 2.13. The molecule has 0 aliphatic carbocycles. The molecule has 0 spiro atoms. The van der Waals surface area contributed by atoms with Crippen molar-refractivity contribution in [3.63, 3.8) is 0 Å². The summed E-state index contributed by atoms with van der Waals surface area (Å²) < 4.78 is 16.4. The van der Waals surface area contributed by atoms with Crippen LogP contribution in [-0.2, 0) is 19.0 Å². The topological polar surface area (TPSA) is 44.8 Å². The van der Waals surface area contributed by atoms with Crippen molar-refractivity contribution in [2.24, 2.45) is 0 Å². The Morgan fingerprint density at radius 1 is 1.48 bits per heavy atom. The molecule has 0 aromatic heterocycles. The Kier molecular flexibility index (Phi) is 9.02. The minimum absolute atomic E-state index is 0.0172. The van der Waals surface area contributed by atoms with Crippen LogP contribution in [0.3, 0.4) is 0 Å². The fourth-order valence-corrected chi connectivity index (χ4v) is 2.01. The molecular formula is C17H28O4. The molecule has 1 fully saturated rings. The van der Waals surface area contributed by atoms with Crippen molar-refractivity contribution in [3.8, 4) is 0 Å². The van der Waals surface area contributed by atoms with Gasteiger partial charge in [-0.15, -0.1) is 0 Å². The Morgan fingerprint density at radius 3 is 2.90 bits per heavy atom. The van der Waals surface area contributed by atoms with Crippen molar-refractivity contribution >= 4 is 5.97 Å². The fraction of sp³-hybridized carbons (Fsp3) is 0.706. The highest BCUT2D eigenvalue weighted by Crippen LogP contribution is 2.14. The van der Waals surface area contributed by atoms with Crippen molar-refractivity contribution in [2.45, 2.75) is 64.8 Å². The van der Waals surface area contributed by atoms with Crippen LogP contribution in [-0.4, -0.2) is 31.6 Å². The molecule has 1 aliphatic rings. The van der Waals surface area contributed by atoms with Crippen LogP contribution in [0.1, 0.15) is 52.4 Å². The van der Waals surface area contributed by atoms with Crippen LogP contribution in [0.4, 0.5) is 0 Å². The number of rotatable bonds is 9. The van der Waals surface area contributed by atoms with Gasteiger partial charge in [0, 0.05) is 13.0 Å². The second-order valence-electron chi connectivity index (χ2n) is 5.35. The van der Waals surface area contributed by atoms with Crippen LogP contribution < -0.4 is 0 Å². The minimum Gasteiger partial charge on any atom is -0.454 e. The monoisotopic (exact) mass is 296 g/mol. The number of unbranched alkanes of at least 4 members (excludes halogenated alkanes) is 1. The summed E-state index contributed by atoms with van der Waals surface area (Å²) in [5.74, 6) is -0.203. The number of allylic oxidation sites excluding steroid dienone is 1. The highest BCUT2D eigenvalue weighted by atomic mass is 16.7. The summed E-state index contributed by atoms with van der Waals surface area (Å²) in [6.45, 7) is 9.00. The lowest BCUT2D eigenvalue weighted by Gasteiger charge is -2.22. The summed E-state index contributed by atoms with van der Waals surface area (Å²) >= 11 is 0. The lowest BCUT2D eigenvalue weighted by Crippen LogP contribution is -2.22. The van der Waals surface area contributed by atoms with E-state index in [1.165, 1.54) is 6.42 Å². The number of hydrogen-bond acceptors (Lipinski definition) is 4. The van der Waals surface area contributed by atoms with E-state index in [0.29, 0.717) is 13.0 Å². The van der Waals surface area contributed by atoms with Gasteiger partial charge in [0.2, 0.25) is 0 Å². The second kappa shape index (κ2) is 10.6. The summed E-state index contributed by atoms with van der Waals surface area (Å²) in [6.07, 6.45) is 9.11. The average Bonchev–Trinajstić information content (AvgIpc) is 2.50. The maximum Gasteiger partial charge on any atom is 0.306 e. The molecule has 2 atom stereocenters. The Balaban J connectivity index is 2.16. The molecule has 0 saturated carbocycles. The number of hydrogen-bond donors (Lipinski definition) is 0. The number of ether oxygens (including phenoxy) is 3. The first-order chi connectivity index (χ1) is 10.1.